The largest absolute Gasteiger partial charge is 0.379 e. The molecule has 0 amide bonds. The summed E-state index contributed by atoms with van der Waals surface area (Å²) in [6, 6.07) is 1.10. The lowest BCUT2D eigenvalue weighted by Gasteiger charge is -2.44. The van der Waals surface area contributed by atoms with Gasteiger partial charge in [0.25, 0.3) is 0 Å². The summed E-state index contributed by atoms with van der Waals surface area (Å²) < 4.78 is 5.54. The maximum absolute atomic E-state index is 5.98. The molecule has 4 heteroatoms. The van der Waals surface area contributed by atoms with Gasteiger partial charge >= 0.3 is 0 Å². The minimum Gasteiger partial charge on any atom is -0.379 e. The van der Waals surface area contributed by atoms with E-state index in [4.69, 9.17) is 10.5 Å². The summed E-state index contributed by atoms with van der Waals surface area (Å²) in [4.78, 5) is 5.01. The number of ether oxygens (including phenoxy) is 1. The average molecular weight is 257 g/mol. The summed E-state index contributed by atoms with van der Waals surface area (Å²) in [6.07, 6.45) is 2.21. The van der Waals surface area contributed by atoms with Crippen LogP contribution in [0.25, 0.3) is 0 Å². The molecule has 2 N–H and O–H groups in total. The van der Waals surface area contributed by atoms with E-state index >= 15 is 0 Å². The molecule has 1 heterocycles. The average Bonchev–Trinajstić information content (AvgIpc) is 2.37. The maximum Gasteiger partial charge on any atom is 0.0638 e. The molecule has 0 saturated carbocycles. The predicted octanol–water partition coefficient (Wildman–Crippen LogP) is 1.15. The molecule has 1 saturated heterocycles. The first-order valence-corrected chi connectivity index (χ1v) is 7.13. The highest BCUT2D eigenvalue weighted by Crippen LogP contribution is 2.21. The van der Waals surface area contributed by atoms with Crippen molar-refractivity contribution in [3.8, 4) is 0 Å². The van der Waals surface area contributed by atoms with E-state index in [9.17, 15) is 0 Å². The van der Waals surface area contributed by atoms with Crippen molar-refractivity contribution in [1.82, 2.24) is 9.80 Å². The van der Waals surface area contributed by atoms with Crippen LogP contribution in [0.3, 0.4) is 0 Å². The standard InChI is InChI=1S/C14H31N3O/c1-6-12-11-17(8-7-16(12)4)13(10-15)9-14(2,3)18-5/h12-13H,6-11,15H2,1-5H3. The first-order chi connectivity index (χ1) is 8.43. The summed E-state index contributed by atoms with van der Waals surface area (Å²) in [7, 11) is 4.01. The second-order valence-electron chi connectivity index (χ2n) is 6.10. The Morgan fingerprint density at radius 1 is 1.39 bits per heavy atom. The van der Waals surface area contributed by atoms with E-state index in [1.54, 1.807) is 7.11 Å². The van der Waals surface area contributed by atoms with Crippen LogP contribution in [0, 0.1) is 0 Å². The van der Waals surface area contributed by atoms with Gasteiger partial charge in [-0.2, -0.15) is 0 Å². The number of hydrogen-bond donors (Lipinski definition) is 1. The zero-order chi connectivity index (χ0) is 13.8. The highest BCUT2D eigenvalue weighted by molar-refractivity contribution is 4.87. The Hall–Kier alpha value is -0.160. The van der Waals surface area contributed by atoms with Crippen molar-refractivity contribution in [2.24, 2.45) is 5.73 Å². The normalized spacial score (nSPS) is 25.3. The minimum atomic E-state index is -0.0882. The second kappa shape index (κ2) is 6.85. The molecule has 0 aromatic carbocycles. The van der Waals surface area contributed by atoms with Crippen molar-refractivity contribution in [3.63, 3.8) is 0 Å². The molecule has 2 atom stereocenters. The summed E-state index contributed by atoms with van der Waals surface area (Å²) in [5.41, 5.74) is 5.89. The Morgan fingerprint density at radius 2 is 2.06 bits per heavy atom. The third-order valence-corrected chi connectivity index (χ3v) is 4.35. The van der Waals surface area contributed by atoms with Crippen LogP contribution in [0.1, 0.15) is 33.6 Å². The van der Waals surface area contributed by atoms with Gasteiger partial charge < -0.3 is 15.4 Å². The van der Waals surface area contributed by atoms with Crippen molar-refractivity contribution in [2.75, 3.05) is 40.3 Å². The van der Waals surface area contributed by atoms with Gasteiger partial charge in [0.2, 0.25) is 0 Å². The molecule has 0 aromatic heterocycles. The fraction of sp³-hybridized carbons (Fsp3) is 1.00. The van der Waals surface area contributed by atoms with Crippen molar-refractivity contribution >= 4 is 0 Å². The van der Waals surface area contributed by atoms with Crippen molar-refractivity contribution < 1.29 is 4.74 Å². The van der Waals surface area contributed by atoms with E-state index in [0.717, 1.165) is 26.1 Å². The number of rotatable bonds is 6. The van der Waals surface area contributed by atoms with E-state index < -0.39 is 0 Å². The molecule has 4 nitrogen and oxygen atoms in total. The van der Waals surface area contributed by atoms with Gasteiger partial charge in [-0.1, -0.05) is 6.92 Å². The van der Waals surface area contributed by atoms with E-state index in [0.29, 0.717) is 18.6 Å². The van der Waals surface area contributed by atoms with Crippen molar-refractivity contribution in [1.29, 1.82) is 0 Å². The van der Waals surface area contributed by atoms with Gasteiger partial charge in [0.05, 0.1) is 5.60 Å². The third-order valence-electron chi connectivity index (χ3n) is 4.35. The number of likely N-dealkylation sites (N-methyl/N-ethyl adjacent to an activating group) is 1. The molecule has 2 unspecified atom stereocenters. The van der Waals surface area contributed by atoms with Crippen LogP contribution in [-0.4, -0.2) is 67.8 Å². The Balaban J connectivity index is 2.60. The lowest BCUT2D eigenvalue weighted by molar-refractivity contribution is -0.0200. The molecule has 1 rings (SSSR count). The number of methoxy groups -OCH3 is 1. The Kier molecular flexibility index (Phi) is 6.05. The molecule has 0 radical (unpaired) electrons. The van der Waals surface area contributed by atoms with Gasteiger partial charge in [-0.05, 0) is 33.7 Å². The summed E-state index contributed by atoms with van der Waals surface area (Å²) in [6.45, 7) is 10.7. The van der Waals surface area contributed by atoms with Crippen molar-refractivity contribution in [3.05, 3.63) is 0 Å². The van der Waals surface area contributed by atoms with Crippen LogP contribution in [0.2, 0.25) is 0 Å². The molecule has 18 heavy (non-hydrogen) atoms. The van der Waals surface area contributed by atoms with E-state index in [1.165, 1.54) is 6.42 Å². The van der Waals surface area contributed by atoms with Gasteiger partial charge in [0, 0.05) is 45.4 Å². The Bertz CT molecular complexity index is 245. The summed E-state index contributed by atoms with van der Waals surface area (Å²) in [5, 5.41) is 0. The van der Waals surface area contributed by atoms with Crippen LogP contribution in [0.4, 0.5) is 0 Å². The second-order valence-corrected chi connectivity index (χ2v) is 6.10. The number of hydrogen-bond acceptors (Lipinski definition) is 4. The smallest absolute Gasteiger partial charge is 0.0638 e. The van der Waals surface area contributed by atoms with E-state index in [1.807, 2.05) is 0 Å². The zero-order valence-electron chi connectivity index (χ0n) is 12.8. The van der Waals surface area contributed by atoms with Gasteiger partial charge in [0.1, 0.15) is 0 Å². The monoisotopic (exact) mass is 257 g/mol. The summed E-state index contributed by atoms with van der Waals surface area (Å²) in [5.74, 6) is 0. The van der Waals surface area contributed by atoms with Crippen LogP contribution >= 0.6 is 0 Å². The van der Waals surface area contributed by atoms with Crippen LogP contribution < -0.4 is 5.73 Å². The van der Waals surface area contributed by atoms with Crippen LogP contribution in [-0.2, 0) is 4.74 Å². The topological polar surface area (TPSA) is 41.7 Å². The lowest BCUT2D eigenvalue weighted by Crippen LogP contribution is -2.57. The molecule has 1 aliphatic heterocycles. The zero-order valence-corrected chi connectivity index (χ0v) is 12.8. The first-order valence-electron chi connectivity index (χ1n) is 7.13. The first kappa shape index (κ1) is 15.9. The Morgan fingerprint density at radius 3 is 2.56 bits per heavy atom. The van der Waals surface area contributed by atoms with E-state index in [-0.39, 0.29) is 5.60 Å². The lowest BCUT2D eigenvalue weighted by atomic mass is 9.96. The molecule has 0 spiro atoms. The fourth-order valence-electron chi connectivity index (χ4n) is 2.75. The van der Waals surface area contributed by atoms with Gasteiger partial charge in [-0.25, -0.2) is 0 Å². The van der Waals surface area contributed by atoms with Gasteiger partial charge in [0.15, 0.2) is 0 Å². The summed E-state index contributed by atoms with van der Waals surface area (Å²) >= 11 is 0. The molecule has 108 valence electrons. The number of nitrogens with two attached hydrogens (primary N) is 1. The third kappa shape index (κ3) is 4.19. The van der Waals surface area contributed by atoms with Crippen LogP contribution in [0.15, 0.2) is 0 Å². The van der Waals surface area contributed by atoms with Gasteiger partial charge in [-0.3, -0.25) is 4.90 Å². The van der Waals surface area contributed by atoms with E-state index in [2.05, 4.69) is 37.6 Å². The molecular formula is C14H31N3O. The number of nitrogens with zero attached hydrogens (tertiary/aromatic N) is 2. The van der Waals surface area contributed by atoms with Gasteiger partial charge in [-0.15, -0.1) is 0 Å². The quantitative estimate of drug-likeness (QED) is 0.775. The van der Waals surface area contributed by atoms with Crippen molar-refractivity contribution in [2.45, 2.75) is 51.3 Å². The minimum absolute atomic E-state index is 0.0882. The number of piperazine rings is 1. The highest BCUT2D eigenvalue weighted by Gasteiger charge is 2.31. The fourth-order valence-corrected chi connectivity index (χ4v) is 2.75. The SMILES string of the molecule is CCC1CN(C(CN)CC(C)(C)OC)CCN1C. The molecule has 0 aliphatic carbocycles. The highest BCUT2D eigenvalue weighted by atomic mass is 16.5. The molecular weight excluding hydrogens is 226 g/mol. The molecule has 0 bridgehead atoms. The molecule has 1 fully saturated rings. The van der Waals surface area contributed by atoms with Crippen LogP contribution in [0.5, 0.6) is 0 Å². The Labute approximate surface area is 112 Å². The predicted molar refractivity (Wildman–Crippen MR) is 76.8 cm³/mol. The maximum atomic E-state index is 5.98. The molecule has 0 aromatic rings. The molecule has 1 aliphatic rings.